The second-order valence-electron chi connectivity index (χ2n) is 3.50. The van der Waals surface area contributed by atoms with Crippen LogP contribution in [-0.2, 0) is 11.3 Å². The largest absolute Gasteiger partial charge is 0.374 e. The molecule has 1 aromatic rings. The molecule has 1 aromatic carbocycles. The maximum Gasteiger partial charge on any atom is 0.150 e. The van der Waals surface area contributed by atoms with Crippen LogP contribution in [0.5, 0.6) is 0 Å². The Balaban J connectivity index is 2.65. The monoisotopic (exact) mass is 210 g/mol. The van der Waals surface area contributed by atoms with E-state index < -0.39 is 0 Å². The first-order valence-corrected chi connectivity index (χ1v) is 5.02. The molecule has 0 amide bonds. The van der Waals surface area contributed by atoms with Crippen molar-refractivity contribution in [1.82, 2.24) is 0 Å². The van der Waals surface area contributed by atoms with E-state index in [1.54, 1.807) is 12.1 Å². The third-order valence-electron chi connectivity index (χ3n) is 2.31. The van der Waals surface area contributed by atoms with Gasteiger partial charge in [-0.2, -0.15) is 0 Å². The molecule has 0 heterocycles. The number of carbonyl (C=O) groups excluding carboxylic acids is 1. The molecule has 0 aliphatic heterocycles. The van der Waals surface area contributed by atoms with Gasteiger partial charge in [0.2, 0.25) is 0 Å². The summed E-state index contributed by atoms with van der Waals surface area (Å²) in [6.07, 6.45) is 1.64. The lowest BCUT2D eigenvalue weighted by atomic mass is 10.1. The Morgan fingerprint density at radius 1 is 1.53 bits per heavy atom. The van der Waals surface area contributed by atoms with Gasteiger partial charge in [-0.15, -0.1) is 0 Å². The summed E-state index contributed by atoms with van der Waals surface area (Å²) in [5.74, 6) is -0.386. The number of hydrogen-bond acceptors (Lipinski definition) is 2. The first-order chi connectivity index (χ1) is 7.17. The lowest BCUT2D eigenvalue weighted by Gasteiger charge is -2.11. The standard InChI is InChI=1S/C12H15FO2/c1-3-9(2)15-8-11-5-4-10(7-14)6-12(11)13/h4-7,9H,3,8H2,1-2H3. The van der Waals surface area contributed by atoms with Gasteiger partial charge in [0.25, 0.3) is 0 Å². The van der Waals surface area contributed by atoms with E-state index in [2.05, 4.69) is 0 Å². The Kier molecular flexibility index (Phi) is 4.43. The number of halogens is 1. The number of ether oxygens (including phenoxy) is 1. The number of rotatable bonds is 5. The van der Waals surface area contributed by atoms with Crippen molar-refractivity contribution in [2.24, 2.45) is 0 Å². The summed E-state index contributed by atoms with van der Waals surface area (Å²) in [6, 6.07) is 4.40. The van der Waals surface area contributed by atoms with Crippen molar-refractivity contribution in [3.63, 3.8) is 0 Å². The van der Waals surface area contributed by atoms with Gasteiger partial charge in [0, 0.05) is 11.1 Å². The smallest absolute Gasteiger partial charge is 0.150 e. The Morgan fingerprint density at radius 2 is 2.27 bits per heavy atom. The molecule has 0 radical (unpaired) electrons. The highest BCUT2D eigenvalue weighted by atomic mass is 19.1. The van der Waals surface area contributed by atoms with Crippen LogP contribution in [-0.4, -0.2) is 12.4 Å². The van der Waals surface area contributed by atoms with Crippen molar-refractivity contribution < 1.29 is 13.9 Å². The van der Waals surface area contributed by atoms with Crippen LogP contribution in [0.25, 0.3) is 0 Å². The van der Waals surface area contributed by atoms with E-state index in [1.807, 2.05) is 13.8 Å². The van der Waals surface area contributed by atoms with Gasteiger partial charge in [0.15, 0.2) is 0 Å². The molecule has 1 atom stereocenters. The van der Waals surface area contributed by atoms with Crippen LogP contribution >= 0.6 is 0 Å². The second-order valence-corrected chi connectivity index (χ2v) is 3.50. The summed E-state index contributed by atoms with van der Waals surface area (Å²) in [5, 5.41) is 0. The summed E-state index contributed by atoms with van der Waals surface area (Å²) < 4.78 is 18.8. The van der Waals surface area contributed by atoms with Gasteiger partial charge in [-0.3, -0.25) is 4.79 Å². The fourth-order valence-corrected chi connectivity index (χ4v) is 1.10. The number of hydrogen-bond donors (Lipinski definition) is 0. The summed E-state index contributed by atoms with van der Waals surface area (Å²) in [5.41, 5.74) is 0.834. The highest BCUT2D eigenvalue weighted by Crippen LogP contribution is 2.12. The molecule has 0 fully saturated rings. The fraction of sp³-hybridized carbons (Fsp3) is 0.417. The minimum Gasteiger partial charge on any atom is -0.374 e. The molecule has 3 heteroatoms. The Morgan fingerprint density at radius 3 is 2.80 bits per heavy atom. The van der Waals surface area contributed by atoms with E-state index in [-0.39, 0.29) is 18.5 Å². The van der Waals surface area contributed by atoms with Crippen LogP contribution in [0.3, 0.4) is 0 Å². The number of carbonyl (C=O) groups is 1. The second kappa shape index (κ2) is 5.61. The van der Waals surface area contributed by atoms with Gasteiger partial charge in [-0.25, -0.2) is 4.39 Å². The third-order valence-corrected chi connectivity index (χ3v) is 2.31. The molecule has 0 aliphatic carbocycles. The predicted molar refractivity (Wildman–Crippen MR) is 56.3 cm³/mol. The maximum atomic E-state index is 13.4. The van der Waals surface area contributed by atoms with Crippen LogP contribution in [0, 0.1) is 5.82 Å². The molecule has 0 saturated heterocycles. The Bertz CT molecular complexity index is 336. The maximum absolute atomic E-state index is 13.4. The first-order valence-electron chi connectivity index (χ1n) is 5.02. The molecular weight excluding hydrogens is 195 g/mol. The predicted octanol–water partition coefficient (Wildman–Crippen LogP) is 2.95. The molecule has 0 aliphatic rings. The zero-order chi connectivity index (χ0) is 11.3. The molecule has 0 bridgehead atoms. The topological polar surface area (TPSA) is 26.3 Å². The number of aldehydes is 1. The minimum atomic E-state index is -0.386. The van der Waals surface area contributed by atoms with Gasteiger partial charge in [-0.05, 0) is 19.4 Å². The summed E-state index contributed by atoms with van der Waals surface area (Å²) >= 11 is 0. The molecule has 82 valence electrons. The average molecular weight is 210 g/mol. The molecule has 1 rings (SSSR count). The van der Waals surface area contributed by atoms with Crippen molar-refractivity contribution in [2.45, 2.75) is 33.0 Å². The van der Waals surface area contributed by atoms with Crippen molar-refractivity contribution in [3.05, 3.63) is 35.1 Å². The molecular formula is C12H15FO2. The van der Waals surface area contributed by atoms with E-state index in [1.165, 1.54) is 6.07 Å². The molecule has 0 spiro atoms. The zero-order valence-corrected chi connectivity index (χ0v) is 9.00. The lowest BCUT2D eigenvalue weighted by Crippen LogP contribution is -2.07. The summed E-state index contributed by atoms with van der Waals surface area (Å²) in [6.45, 7) is 4.20. The van der Waals surface area contributed by atoms with E-state index >= 15 is 0 Å². The van der Waals surface area contributed by atoms with Gasteiger partial charge < -0.3 is 4.74 Å². The summed E-state index contributed by atoms with van der Waals surface area (Å²) in [7, 11) is 0. The van der Waals surface area contributed by atoms with Gasteiger partial charge in [0.05, 0.1) is 12.7 Å². The third kappa shape index (κ3) is 3.44. The van der Waals surface area contributed by atoms with Crippen LogP contribution in [0.15, 0.2) is 18.2 Å². The molecule has 2 nitrogen and oxygen atoms in total. The first kappa shape index (κ1) is 11.9. The van der Waals surface area contributed by atoms with Crippen LogP contribution < -0.4 is 0 Å². The quantitative estimate of drug-likeness (QED) is 0.698. The Labute approximate surface area is 89.1 Å². The van der Waals surface area contributed by atoms with E-state index in [0.29, 0.717) is 17.4 Å². The number of benzene rings is 1. The highest BCUT2D eigenvalue weighted by molar-refractivity contribution is 5.74. The van der Waals surface area contributed by atoms with E-state index in [4.69, 9.17) is 4.74 Å². The molecule has 1 unspecified atom stereocenters. The van der Waals surface area contributed by atoms with Crippen molar-refractivity contribution in [3.8, 4) is 0 Å². The van der Waals surface area contributed by atoms with Crippen LogP contribution in [0.4, 0.5) is 4.39 Å². The van der Waals surface area contributed by atoms with Crippen molar-refractivity contribution in [1.29, 1.82) is 0 Å². The van der Waals surface area contributed by atoms with Crippen molar-refractivity contribution in [2.75, 3.05) is 0 Å². The molecule has 0 aromatic heterocycles. The molecule has 15 heavy (non-hydrogen) atoms. The van der Waals surface area contributed by atoms with E-state index in [0.717, 1.165) is 6.42 Å². The van der Waals surface area contributed by atoms with Gasteiger partial charge in [0.1, 0.15) is 12.1 Å². The van der Waals surface area contributed by atoms with Crippen LogP contribution in [0.2, 0.25) is 0 Å². The fourth-order valence-electron chi connectivity index (χ4n) is 1.10. The normalized spacial score (nSPS) is 12.5. The SMILES string of the molecule is CCC(C)OCc1ccc(C=O)cc1F. The molecule has 0 saturated carbocycles. The highest BCUT2D eigenvalue weighted by Gasteiger charge is 2.05. The van der Waals surface area contributed by atoms with Crippen molar-refractivity contribution >= 4 is 6.29 Å². The average Bonchev–Trinajstić information content (AvgIpc) is 2.26. The van der Waals surface area contributed by atoms with Gasteiger partial charge >= 0.3 is 0 Å². The summed E-state index contributed by atoms with van der Waals surface area (Å²) in [4.78, 5) is 10.4. The van der Waals surface area contributed by atoms with E-state index in [9.17, 15) is 9.18 Å². The lowest BCUT2D eigenvalue weighted by molar-refractivity contribution is 0.0492. The zero-order valence-electron chi connectivity index (χ0n) is 9.00. The van der Waals surface area contributed by atoms with Crippen LogP contribution in [0.1, 0.15) is 36.2 Å². The minimum absolute atomic E-state index is 0.121. The Hall–Kier alpha value is -1.22. The molecule has 0 N–H and O–H groups in total. The van der Waals surface area contributed by atoms with Gasteiger partial charge in [-0.1, -0.05) is 19.1 Å².